The third-order valence-corrected chi connectivity index (χ3v) is 3.63. The second-order valence-corrected chi connectivity index (χ2v) is 5.79. The van der Waals surface area contributed by atoms with Crippen LogP contribution in [0.1, 0.15) is 19.7 Å². The van der Waals surface area contributed by atoms with E-state index in [2.05, 4.69) is 40.7 Å². The average Bonchev–Trinajstić information content (AvgIpc) is 2.69. The van der Waals surface area contributed by atoms with Gasteiger partial charge in [-0.3, -0.25) is 0 Å². The Morgan fingerprint density at radius 1 is 1.18 bits per heavy atom. The van der Waals surface area contributed by atoms with Crippen LogP contribution in [0.3, 0.4) is 0 Å². The van der Waals surface area contributed by atoms with E-state index in [9.17, 15) is 0 Å². The van der Waals surface area contributed by atoms with Crippen LogP contribution in [0.4, 0.5) is 0 Å². The first-order valence-corrected chi connectivity index (χ1v) is 6.78. The number of benzene rings is 1. The van der Waals surface area contributed by atoms with Crippen molar-refractivity contribution in [1.29, 1.82) is 0 Å². The van der Waals surface area contributed by atoms with Gasteiger partial charge in [0.05, 0.1) is 5.75 Å². The van der Waals surface area contributed by atoms with E-state index in [1.807, 2.05) is 37.0 Å². The summed E-state index contributed by atoms with van der Waals surface area (Å²) in [5.41, 5.74) is 1.11. The molecule has 1 aromatic carbocycles. The fourth-order valence-electron chi connectivity index (χ4n) is 1.57. The third kappa shape index (κ3) is 2.88. The van der Waals surface area contributed by atoms with E-state index in [1.165, 1.54) is 0 Å². The van der Waals surface area contributed by atoms with Crippen molar-refractivity contribution in [2.45, 2.75) is 24.9 Å². The Labute approximate surface area is 106 Å². The van der Waals surface area contributed by atoms with Crippen LogP contribution in [0, 0.1) is 0 Å². The lowest BCUT2D eigenvalue weighted by Gasteiger charge is -2.05. The lowest BCUT2D eigenvalue weighted by Crippen LogP contribution is -1.99. The van der Waals surface area contributed by atoms with E-state index < -0.39 is 0 Å². The van der Waals surface area contributed by atoms with Crippen LogP contribution < -0.4 is 0 Å². The molecule has 3 nitrogen and oxygen atoms in total. The van der Waals surface area contributed by atoms with E-state index in [0.29, 0.717) is 5.25 Å². The minimum atomic E-state index is 0.617. The van der Waals surface area contributed by atoms with Gasteiger partial charge in [-0.05, 0) is 5.25 Å². The molecule has 0 aliphatic carbocycles. The summed E-state index contributed by atoms with van der Waals surface area (Å²) in [7, 11) is 2.03. The first-order chi connectivity index (χ1) is 8.18. The lowest BCUT2D eigenvalue weighted by molar-refractivity contribution is 0.854. The van der Waals surface area contributed by atoms with Crippen molar-refractivity contribution in [3.05, 3.63) is 36.2 Å². The molecule has 2 rings (SSSR count). The van der Waals surface area contributed by atoms with Gasteiger partial charge in [0.2, 0.25) is 0 Å². The Bertz CT molecular complexity index is 477. The van der Waals surface area contributed by atoms with Gasteiger partial charge in [-0.15, -0.1) is 10.2 Å². The lowest BCUT2D eigenvalue weighted by atomic mass is 10.2. The van der Waals surface area contributed by atoms with Crippen molar-refractivity contribution in [3.8, 4) is 11.4 Å². The summed E-state index contributed by atoms with van der Waals surface area (Å²) in [5.74, 6) is 2.88. The highest BCUT2D eigenvalue weighted by Gasteiger charge is 2.10. The molecule has 0 amide bonds. The molecule has 90 valence electrons. The fraction of sp³-hybridized carbons (Fsp3) is 0.385. The summed E-state index contributed by atoms with van der Waals surface area (Å²) in [6.07, 6.45) is 0. The molecule has 4 heteroatoms. The van der Waals surface area contributed by atoms with Crippen molar-refractivity contribution in [3.63, 3.8) is 0 Å². The molecule has 2 aromatic rings. The standard InChI is InChI=1S/C13H17N3S/c1-10(2)17-9-12-14-15-13(16(12)3)11-7-5-4-6-8-11/h4-8,10H,9H2,1-3H3. The first kappa shape index (κ1) is 12.2. The Balaban J connectivity index is 2.21. The highest BCUT2D eigenvalue weighted by Crippen LogP contribution is 2.20. The molecule has 0 saturated heterocycles. The summed E-state index contributed by atoms with van der Waals surface area (Å²) < 4.78 is 2.07. The maximum atomic E-state index is 4.26. The predicted octanol–water partition coefficient (Wildman–Crippen LogP) is 3.12. The smallest absolute Gasteiger partial charge is 0.163 e. The molecule has 17 heavy (non-hydrogen) atoms. The molecule has 0 aliphatic rings. The zero-order valence-corrected chi connectivity index (χ0v) is 11.2. The minimum Gasteiger partial charge on any atom is -0.313 e. The van der Waals surface area contributed by atoms with Gasteiger partial charge in [-0.1, -0.05) is 44.2 Å². The predicted molar refractivity (Wildman–Crippen MR) is 72.9 cm³/mol. The maximum absolute atomic E-state index is 4.26. The summed E-state index contributed by atoms with van der Waals surface area (Å²) in [6, 6.07) is 10.2. The van der Waals surface area contributed by atoms with Crippen LogP contribution in [0.5, 0.6) is 0 Å². The third-order valence-electron chi connectivity index (χ3n) is 2.54. The largest absolute Gasteiger partial charge is 0.313 e. The second-order valence-electron chi connectivity index (χ2n) is 4.22. The molecular formula is C13H17N3S. The van der Waals surface area contributed by atoms with Gasteiger partial charge in [-0.25, -0.2) is 0 Å². The van der Waals surface area contributed by atoms with Crippen molar-refractivity contribution >= 4 is 11.8 Å². The van der Waals surface area contributed by atoms with Gasteiger partial charge in [0.15, 0.2) is 5.82 Å². The second kappa shape index (κ2) is 5.36. The molecular weight excluding hydrogens is 230 g/mol. The number of rotatable bonds is 4. The van der Waals surface area contributed by atoms with Gasteiger partial charge < -0.3 is 4.57 Å². The molecule has 0 radical (unpaired) electrons. The van der Waals surface area contributed by atoms with Gasteiger partial charge in [0.25, 0.3) is 0 Å². The molecule has 0 spiro atoms. The van der Waals surface area contributed by atoms with Gasteiger partial charge in [0, 0.05) is 12.6 Å². The normalized spacial score (nSPS) is 11.1. The molecule has 0 unspecified atom stereocenters. The average molecular weight is 247 g/mol. The fourth-order valence-corrected chi connectivity index (χ4v) is 2.30. The van der Waals surface area contributed by atoms with Gasteiger partial charge in [-0.2, -0.15) is 11.8 Å². The quantitative estimate of drug-likeness (QED) is 0.831. The maximum Gasteiger partial charge on any atom is 0.163 e. The Morgan fingerprint density at radius 3 is 2.53 bits per heavy atom. The van der Waals surface area contributed by atoms with Crippen molar-refractivity contribution < 1.29 is 0 Å². The zero-order chi connectivity index (χ0) is 12.3. The van der Waals surface area contributed by atoms with Crippen LogP contribution in [0.25, 0.3) is 11.4 Å². The van der Waals surface area contributed by atoms with Crippen LogP contribution in [0.15, 0.2) is 30.3 Å². The molecule has 0 fully saturated rings. The van der Waals surface area contributed by atoms with E-state index in [1.54, 1.807) is 0 Å². The zero-order valence-electron chi connectivity index (χ0n) is 10.4. The molecule has 1 heterocycles. The number of hydrogen-bond donors (Lipinski definition) is 0. The van der Waals surface area contributed by atoms with E-state index in [4.69, 9.17) is 0 Å². The Kier molecular flexibility index (Phi) is 3.84. The molecule has 0 aliphatic heterocycles. The number of hydrogen-bond acceptors (Lipinski definition) is 3. The summed E-state index contributed by atoms with van der Waals surface area (Å²) in [5, 5.41) is 9.14. The molecule has 0 N–H and O–H groups in total. The highest BCUT2D eigenvalue weighted by atomic mass is 32.2. The van der Waals surface area contributed by atoms with Crippen LogP contribution >= 0.6 is 11.8 Å². The summed E-state index contributed by atoms with van der Waals surface area (Å²) in [4.78, 5) is 0. The van der Waals surface area contributed by atoms with Crippen molar-refractivity contribution in [1.82, 2.24) is 14.8 Å². The SMILES string of the molecule is CC(C)SCc1nnc(-c2ccccc2)n1C. The monoisotopic (exact) mass is 247 g/mol. The van der Waals surface area contributed by atoms with E-state index >= 15 is 0 Å². The number of thioether (sulfide) groups is 1. The van der Waals surface area contributed by atoms with Crippen LogP contribution in [-0.2, 0) is 12.8 Å². The van der Waals surface area contributed by atoms with E-state index in [-0.39, 0.29) is 0 Å². The first-order valence-electron chi connectivity index (χ1n) is 5.73. The minimum absolute atomic E-state index is 0.617. The van der Waals surface area contributed by atoms with Crippen molar-refractivity contribution in [2.24, 2.45) is 7.05 Å². The summed E-state index contributed by atoms with van der Waals surface area (Å²) in [6.45, 7) is 4.39. The Morgan fingerprint density at radius 2 is 1.88 bits per heavy atom. The van der Waals surface area contributed by atoms with Gasteiger partial charge in [0.1, 0.15) is 5.82 Å². The summed E-state index contributed by atoms with van der Waals surface area (Å²) >= 11 is 1.88. The molecule has 0 atom stereocenters. The molecule has 0 bridgehead atoms. The van der Waals surface area contributed by atoms with Crippen molar-refractivity contribution in [2.75, 3.05) is 0 Å². The Hall–Kier alpha value is -1.29. The van der Waals surface area contributed by atoms with E-state index in [0.717, 1.165) is 23.0 Å². The van der Waals surface area contributed by atoms with Crippen LogP contribution in [0.2, 0.25) is 0 Å². The topological polar surface area (TPSA) is 30.7 Å². The molecule has 1 aromatic heterocycles. The highest BCUT2D eigenvalue weighted by molar-refractivity contribution is 7.99. The van der Waals surface area contributed by atoms with Gasteiger partial charge >= 0.3 is 0 Å². The van der Waals surface area contributed by atoms with Crippen LogP contribution in [-0.4, -0.2) is 20.0 Å². The number of aromatic nitrogens is 3. The number of nitrogens with zero attached hydrogens (tertiary/aromatic N) is 3. The molecule has 0 saturated carbocycles.